The lowest BCUT2D eigenvalue weighted by Crippen LogP contribution is -2.14. The summed E-state index contributed by atoms with van der Waals surface area (Å²) >= 11 is 3.18. The van der Waals surface area contributed by atoms with Gasteiger partial charge in [0.05, 0.1) is 21.6 Å². The van der Waals surface area contributed by atoms with Gasteiger partial charge in [0.1, 0.15) is 0 Å². The van der Waals surface area contributed by atoms with E-state index in [4.69, 9.17) is 11.0 Å². The number of nitrogen functional groups attached to an aromatic ring is 1. The van der Waals surface area contributed by atoms with Gasteiger partial charge in [-0.2, -0.15) is 5.26 Å². The Morgan fingerprint density at radius 1 is 1.53 bits per heavy atom. The minimum absolute atomic E-state index is 0.182. The van der Waals surface area contributed by atoms with Crippen molar-refractivity contribution in [1.82, 2.24) is 4.57 Å². The zero-order chi connectivity index (χ0) is 13.1. The van der Waals surface area contributed by atoms with Gasteiger partial charge >= 0.3 is 0 Å². The molecule has 0 aliphatic heterocycles. The molecule has 0 atom stereocenters. The molecule has 0 radical (unpaired) electrons. The van der Waals surface area contributed by atoms with E-state index in [1.807, 2.05) is 18.4 Å². The number of anilines is 1. The normalized spacial score (nSPS) is 11.2. The van der Waals surface area contributed by atoms with Crippen LogP contribution in [-0.2, 0) is 6.54 Å². The smallest absolute Gasteiger partial charge is 0.218 e. The number of aromatic nitrogens is 1. The van der Waals surface area contributed by atoms with Crippen LogP contribution in [0.2, 0.25) is 0 Å². The highest BCUT2D eigenvalue weighted by molar-refractivity contribution is 9.10. The van der Waals surface area contributed by atoms with Crippen LogP contribution in [0.1, 0.15) is 26.7 Å². The predicted molar refractivity (Wildman–Crippen MR) is 71.4 cm³/mol. The molecule has 0 unspecified atom stereocenters. The molecule has 2 N–H and O–H groups in total. The number of halogens is 1. The van der Waals surface area contributed by atoms with Crippen LogP contribution in [-0.4, -0.2) is 4.57 Å². The zero-order valence-corrected chi connectivity index (χ0v) is 11.6. The molecule has 0 amide bonds. The number of pyridine rings is 1. The van der Waals surface area contributed by atoms with Gasteiger partial charge in [-0.25, -0.2) is 0 Å². The summed E-state index contributed by atoms with van der Waals surface area (Å²) in [6.07, 6.45) is 5.03. The quantitative estimate of drug-likeness (QED) is 0.928. The Labute approximate surface area is 109 Å². The Morgan fingerprint density at radius 2 is 2.18 bits per heavy atom. The van der Waals surface area contributed by atoms with Gasteiger partial charge in [-0.1, -0.05) is 0 Å². The molecule has 4 nitrogen and oxygen atoms in total. The van der Waals surface area contributed by atoms with E-state index in [1.165, 1.54) is 0 Å². The van der Waals surface area contributed by atoms with E-state index < -0.39 is 0 Å². The maximum Gasteiger partial charge on any atom is 0.218 e. The number of nitrogens with two attached hydrogens (primary N) is 1. The summed E-state index contributed by atoms with van der Waals surface area (Å²) in [7, 11) is 0. The minimum Gasteiger partial charge on any atom is -0.394 e. The molecule has 0 aliphatic carbocycles. The highest BCUT2D eigenvalue weighted by Gasteiger charge is 2.15. The topological polar surface area (TPSA) is 71.8 Å². The van der Waals surface area contributed by atoms with Crippen molar-refractivity contribution >= 4 is 21.6 Å². The van der Waals surface area contributed by atoms with Crippen LogP contribution in [0.25, 0.3) is 0 Å². The monoisotopic (exact) mass is 297 g/mol. The van der Waals surface area contributed by atoms with Crippen molar-refractivity contribution in [3.05, 3.63) is 27.1 Å². The maximum absolute atomic E-state index is 11.4. The van der Waals surface area contributed by atoms with Gasteiger partial charge in [-0.15, -0.1) is 0 Å². The van der Waals surface area contributed by atoms with Crippen LogP contribution in [0.4, 0.5) is 5.69 Å². The second kappa shape index (κ2) is 5.37. The average Bonchev–Trinajstić information content (AvgIpc) is 2.25. The number of nitriles is 1. The van der Waals surface area contributed by atoms with E-state index in [2.05, 4.69) is 22.0 Å². The Kier molecular flexibility index (Phi) is 4.35. The van der Waals surface area contributed by atoms with Crippen molar-refractivity contribution in [2.24, 2.45) is 5.41 Å². The lowest BCUT2D eigenvalue weighted by atomic mass is 9.90. The Bertz CT molecular complexity index is 473. The standard InChI is InChI=1S/C12H16BrN3O/c1-12(2,8-14)4-3-5-16-6-9(13)11(17)10(15)7-16/h6-7H,3-5,15H2,1-2H3. The Morgan fingerprint density at radius 3 is 2.71 bits per heavy atom. The zero-order valence-electron chi connectivity index (χ0n) is 10.0. The SMILES string of the molecule is CC(C)(C#N)CCCn1cc(N)c(=O)c(Br)c1. The van der Waals surface area contributed by atoms with Crippen molar-refractivity contribution < 1.29 is 0 Å². The van der Waals surface area contributed by atoms with Crippen molar-refractivity contribution in [3.8, 4) is 6.07 Å². The van der Waals surface area contributed by atoms with Crippen LogP contribution in [0.5, 0.6) is 0 Å². The fourth-order valence-corrected chi connectivity index (χ4v) is 2.00. The fraction of sp³-hybridized carbons (Fsp3) is 0.500. The lowest BCUT2D eigenvalue weighted by Gasteiger charge is -2.15. The molecule has 5 heteroatoms. The number of nitrogens with zero attached hydrogens (tertiary/aromatic N) is 2. The second-order valence-electron chi connectivity index (χ2n) is 4.73. The molecular formula is C12H16BrN3O. The molecule has 0 saturated heterocycles. The third kappa shape index (κ3) is 3.90. The third-order valence-electron chi connectivity index (χ3n) is 2.58. The number of rotatable bonds is 4. The van der Waals surface area contributed by atoms with Crippen molar-refractivity contribution in [1.29, 1.82) is 5.26 Å². The molecule has 1 heterocycles. The van der Waals surface area contributed by atoms with Gasteiger partial charge in [0.15, 0.2) is 0 Å². The lowest BCUT2D eigenvalue weighted by molar-refractivity contribution is 0.415. The third-order valence-corrected chi connectivity index (χ3v) is 3.15. The van der Waals surface area contributed by atoms with Crippen LogP contribution in [0.15, 0.2) is 21.7 Å². The summed E-state index contributed by atoms with van der Waals surface area (Å²) in [5, 5.41) is 8.89. The molecule has 0 bridgehead atoms. The number of hydrogen-bond donors (Lipinski definition) is 1. The molecule has 17 heavy (non-hydrogen) atoms. The summed E-state index contributed by atoms with van der Waals surface area (Å²) in [6, 6.07) is 2.27. The Hall–Kier alpha value is -1.28. The molecule has 0 fully saturated rings. The molecule has 92 valence electrons. The first-order valence-electron chi connectivity index (χ1n) is 5.42. The van der Waals surface area contributed by atoms with Gasteiger partial charge < -0.3 is 10.3 Å². The molecule has 0 aliphatic rings. The Balaban J connectivity index is 2.66. The fourth-order valence-electron chi connectivity index (χ4n) is 1.51. The summed E-state index contributed by atoms with van der Waals surface area (Å²) < 4.78 is 2.34. The molecule has 0 saturated carbocycles. The maximum atomic E-state index is 11.4. The molecule has 1 aromatic rings. The minimum atomic E-state index is -0.304. The average molecular weight is 298 g/mol. The molecular weight excluding hydrogens is 282 g/mol. The van der Waals surface area contributed by atoms with Crippen LogP contribution in [0, 0.1) is 16.7 Å². The van der Waals surface area contributed by atoms with Crippen molar-refractivity contribution in [3.63, 3.8) is 0 Å². The van der Waals surface area contributed by atoms with E-state index in [-0.39, 0.29) is 16.5 Å². The van der Waals surface area contributed by atoms with Gasteiger partial charge in [-0.3, -0.25) is 4.79 Å². The van der Waals surface area contributed by atoms with Crippen LogP contribution < -0.4 is 11.2 Å². The second-order valence-corrected chi connectivity index (χ2v) is 5.58. The first-order valence-corrected chi connectivity index (χ1v) is 6.21. The molecule has 0 aromatic carbocycles. The van der Waals surface area contributed by atoms with E-state index >= 15 is 0 Å². The molecule has 1 aromatic heterocycles. The highest BCUT2D eigenvalue weighted by Crippen LogP contribution is 2.21. The van der Waals surface area contributed by atoms with Crippen LogP contribution >= 0.6 is 15.9 Å². The van der Waals surface area contributed by atoms with E-state index in [1.54, 1.807) is 12.4 Å². The van der Waals surface area contributed by atoms with Gasteiger partial charge in [0.25, 0.3) is 0 Å². The largest absolute Gasteiger partial charge is 0.394 e. The summed E-state index contributed by atoms with van der Waals surface area (Å²) in [5.74, 6) is 0. The highest BCUT2D eigenvalue weighted by atomic mass is 79.9. The number of aryl methyl sites for hydroxylation is 1. The predicted octanol–water partition coefficient (Wildman–Crippen LogP) is 2.52. The van der Waals surface area contributed by atoms with E-state index in [0.717, 1.165) is 19.4 Å². The first-order chi connectivity index (χ1) is 7.85. The molecule has 0 spiro atoms. The summed E-state index contributed by atoms with van der Waals surface area (Å²) in [4.78, 5) is 11.4. The number of hydrogen-bond acceptors (Lipinski definition) is 3. The summed E-state index contributed by atoms with van der Waals surface area (Å²) in [5.41, 5.74) is 5.34. The summed E-state index contributed by atoms with van der Waals surface area (Å²) in [6.45, 7) is 4.58. The van der Waals surface area contributed by atoms with Crippen molar-refractivity contribution in [2.75, 3.05) is 5.73 Å². The van der Waals surface area contributed by atoms with Gasteiger partial charge in [0.2, 0.25) is 5.43 Å². The first kappa shape index (κ1) is 13.8. The van der Waals surface area contributed by atoms with Gasteiger partial charge in [-0.05, 0) is 42.6 Å². The van der Waals surface area contributed by atoms with E-state index in [0.29, 0.717) is 4.47 Å². The van der Waals surface area contributed by atoms with Gasteiger partial charge in [0, 0.05) is 18.9 Å². The van der Waals surface area contributed by atoms with E-state index in [9.17, 15) is 4.79 Å². The molecule has 1 rings (SSSR count). The van der Waals surface area contributed by atoms with Crippen molar-refractivity contribution in [2.45, 2.75) is 33.2 Å². The van der Waals surface area contributed by atoms with Crippen LogP contribution in [0.3, 0.4) is 0 Å².